The molecule has 0 saturated carbocycles. The Morgan fingerprint density at radius 1 is 0.909 bits per heavy atom. The van der Waals surface area contributed by atoms with Gasteiger partial charge in [-0.1, -0.05) is 18.2 Å². The Hall–Kier alpha value is -4.46. The van der Waals surface area contributed by atoms with E-state index < -0.39 is 11.9 Å². The van der Waals surface area contributed by atoms with Crippen molar-refractivity contribution >= 4 is 29.7 Å². The van der Waals surface area contributed by atoms with Crippen LogP contribution in [0.4, 0.5) is 5.69 Å². The van der Waals surface area contributed by atoms with Gasteiger partial charge in [0.25, 0.3) is 11.8 Å². The highest BCUT2D eigenvalue weighted by atomic mass is 16.6. The number of rotatable bonds is 7. The van der Waals surface area contributed by atoms with E-state index in [9.17, 15) is 14.4 Å². The molecule has 0 aliphatic heterocycles. The monoisotopic (exact) mass is 445 g/mol. The number of nitrogens with zero attached hydrogens (tertiary/aromatic N) is 1. The predicted octanol–water partition coefficient (Wildman–Crippen LogP) is 3.95. The number of amides is 2. The van der Waals surface area contributed by atoms with Crippen LogP contribution >= 0.6 is 0 Å². The molecule has 0 spiro atoms. The molecule has 2 amide bonds. The molecule has 0 aliphatic rings. The lowest BCUT2D eigenvalue weighted by molar-refractivity contribution is -0.132. The first-order valence-electron chi connectivity index (χ1n) is 10.0. The second-order valence-corrected chi connectivity index (χ2v) is 7.05. The SMILES string of the molecule is COc1cc(C=NNC(=O)c2ccc(NC(=O)c3ccccc3C)cc2)ccc1OC(C)=O. The number of benzene rings is 3. The third kappa shape index (κ3) is 6.27. The molecule has 0 atom stereocenters. The van der Waals surface area contributed by atoms with Crippen molar-refractivity contribution < 1.29 is 23.9 Å². The van der Waals surface area contributed by atoms with E-state index in [1.54, 1.807) is 54.6 Å². The number of methoxy groups -OCH3 is 1. The van der Waals surface area contributed by atoms with E-state index in [0.717, 1.165) is 5.56 Å². The Kier molecular flexibility index (Phi) is 7.54. The minimum absolute atomic E-state index is 0.218. The predicted molar refractivity (Wildman–Crippen MR) is 125 cm³/mol. The van der Waals surface area contributed by atoms with E-state index in [4.69, 9.17) is 9.47 Å². The van der Waals surface area contributed by atoms with Gasteiger partial charge in [-0.15, -0.1) is 0 Å². The summed E-state index contributed by atoms with van der Waals surface area (Å²) in [5.41, 5.74) is 5.50. The molecule has 0 fully saturated rings. The Morgan fingerprint density at radius 3 is 2.30 bits per heavy atom. The van der Waals surface area contributed by atoms with Crippen LogP contribution in [0.2, 0.25) is 0 Å². The normalized spacial score (nSPS) is 10.5. The maximum atomic E-state index is 12.4. The van der Waals surface area contributed by atoms with E-state index >= 15 is 0 Å². The number of carbonyl (C=O) groups excluding carboxylic acids is 3. The molecule has 8 heteroatoms. The molecule has 8 nitrogen and oxygen atoms in total. The van der Waals surface area contributed by atoms with E-state index in [1.165, 1.54) is 20.2 Å². The zero-order valence-electron chi connectivity index (χ0n) is 18.4. The molecule has 0 aliphatic carbocycles. The summed E-state index contributed by atoms with van der Waals surface area (Å²) in [6, 6.07) is 18.6. The van der Waals surface area contributed by atoms with Crippen LogP contribution < -0.4 is 20.2 Å². The van der Waals surface area contributed by atoms with E-state index in [1.807, 2.05) is 19.1 Å². The van der Waals surface area contributed by atoms with Gasteiger partial charge in [-0.3, -0.25) is 14.4 Å². The first-order valence-corrected chi connectivity index (χ1v) is 10.0. The van der Waals surface area contributed by atoms with Crippen LogP contribution in [-0.2, 0) is 4.79 Å². The Morgan fingerprint density at radius 2 is 1.64 bits per heavy atom. The number of esters is 1. The van der Waals surface area contributed by atoms with Crippen molar-refractivity contribution in [1.82, 2.24) is 5.43 Å². The van der Waals surface area contributed by atoms with Gasteiger partial charge in [0.15, 0.2) is 11.5 Å². The third-order valence-corrected chi connectivity index (χ3v) is 4.62. The highest BCUT2D eigenvalue weighted by Gasteiger charge is 2.10. The highest BCUT2D eigenvalue weighted by molar-refractivity contribution is 6.05. The fraction of sp³-hybridized carbons (Fsp3) is 0.120. The molecule has 3 rings (SSSR count). The quantitative estimate of drug-likeness (QED) is 0.248. The summed E-state index contributed by atoms with van der Waals surface area (Å²) < 4.78 is 10.3. The third-order valence-electron chi connectivity index (χ3n) is 4.62. The number of ether oxygens (including phenoxy) is 2. The maximum Gasteiger partial charge on any atom is 0.308 e. The van der Waals surface area contributed by atoms with Crippen molar-refractivity contribution in [3.8, 4) is 11.5 Å². The summed E-state index contributed by atoms with van der Waals surface area (Å²) in [7, 11) is 1.46. The molecule has 3 aromatic carbocycles. The number of hydrogen-bond acceptors (Lipinski definition) is 6. The van der Waals surface area contributed by atoms with Gasteiger partial charge < -0.3 is 14.8 Å². The molecule has 0 bridgehead atoms. The summed E-state index contributed by atoms with van der Waals surface area (Å²) >= 11 is 0. The van der Waals surface area contributed by atoms with E-state index in [0.29, 0.717) is 33.9 Å². The maximum absolute atomic E-state index is 12.4. The van der Waals surface area contributed by atoms with Crippen molar-refractivity contribution in [1.29, 1.82) is 0 Å². The molecule has 0 aromatic heterocycles. The van der Waals surface area contributed by atoms with Gasteiger partial charge in [0.05, 0.1) is 13.3 Å². The number of hydrogen-bond donors (Lipinski definition) is 2. The first-order chi connectivity index (χ1) is 15.9. The lowest BCUT2D eigenvalue weighted by Gasteiger charge is -2.08. The molecule has 2 N–H and O–H groups in total. The fourth-order valence-electron chi connectivity index (χ4n) is 2.96. The van der Waals surface area contributed by atoms with Crippen LogP contribution in [0.5, 0.6) is 11.5 Å². The van der Waals surface area contributed by atoms with Gasteiger partial charge in [-0.05, 0) is 66.6 Å². The topological polar surface area (TPSA) is 106 Å². The van der Waals surface area contributed by atoms with Crippen LogP contribution in [0.15, 0.2) is 71.8 Å². The van der Waals surface area contributed by atoms with Gasteiger partial charge in [-0.2, -0.15) is 5.10 Å². The van der Waals surface area contributed by atoms with Crippen molar-refractivity contribution in [2.24, 2.45) is 5.10 Å². The molecule has 0 radical (unpaired) electrons. The Balaban J connectivity index is 1.59. The molecule has 0 heterocycles. The number of carbonyl (C=O) groups is 3. The first kappa shape index (κ1) is 23.2. The van der Waals surface area contributed by atoms with Crippen molar-refractivity contribution in [2.45, 2.75) is 13.8 Å². The average Bonchev–Trinajstić information content (AvgIpc) is 2.80. The molecule has 168 valence electrons. The summed E-state index contributed by atoms with van der Waals surface area (Å²) in [6.07, 6.45) is 1.44. The highest BCUT2D eigenvalue weighted by Crippen LogP contribution is 2.27. The molecule has 0 saturated heterocycles. The molecular formula is C25H23N3O5. The number of hydrazone groups is 1. The Bertz CT molecular complexity index is 1200. The zero-order valence-corrected chi connectivity index (χ0v) is 18.4. The number of aryl methyl sites for hydroxylation is 1. The van der Waals surface area contributed by atoms with Gasteiger partial charge in [0, 0.05) is 23.7 Å². The fourth-order valence-corrected chi connectivity index (χ4v) is 2.96. The van der Waals surface area contributed by atoms with E-state index in [-0.39, 0.29) is 5.91 Å². The minimum atomic E-state index is -0.456. The van der Waals surface area contributed by atoms with Crippen molar-refractivity contribution in [3.05, 3.63) is 89.0 Å². The zero-order chi connectivity index (χ0) is 23.8. The summed E-state index contributed by atoms with van der Waals surface area (Å²) in [5.74, 6) is -0.427. The summed E-state index contributed by atoms with van der Waals surface area (Å²) in [4.78, 5) is 35.9. The van der Waals surface area contributed by atoms with Crippen LogP contribution in [0.25, 0.3) is 0 Å². The molecule has 3 aromatic rings. The summed E-state index contributed by atoms with van der Waals surface area (Å²) in [6.45, 7) is 3.17. The van der Waals surface area contributed by atoms with Crippen molar-refractivity contribution in [3.63, 3.8) is 0 Å². The second-order valence-electron chi connectivity index (χ2n) is 7.05. The van der Waals surface area contributed by atoms with E-state index in [2.05, 4.69) is 15.8 Å². The molecule has 0 unspecified atom stereocenters. The molecular weight excluding hydrogens is 422 g/mol. The average molecular weight is 445 g/mol. The number of anilines is 1. The second kappa shape index (κ2) is 10.7. The van der Waals surface area contributed by atoms with Crippen LogP contribution in [0.1, 0.15) is 38.8 Å². The van der Waals surface area contributed by atoms with Crippen LogP contribution in [-0.4, -0.2) is 31.1 Å². The Labute approximate surface area is 191 Å². The van der Waals surface area contributed by atoms with Gasteiger partial charge >= 0.3 is 5.97 Å². The van der Waals surface area contributed by atoms with Crippen LogP contribution in [0, 0.1) is 6.92 Å². The smallest absolute Gasteiger partial charge is 0.308 e. The van der Waals surface area contributed by atoms with Gasteiger partial charge in [0.2, 0.25) is 0 Å². The van der Waals surface area contributed by atoms with Gasteiger partial charge in [0.1, 0.15) is 0 Å². The number of nitrogens with one attached hydrogen (secondary N) is 2. The van der Waals surface area contributed by atoms with Gasteiger partial charge in [-0.25, -0.2) is 5.43 Å². The largest absolute Gasteiger partial charge is 0.493 e. The van der Waals surface area contributed by atoms with Crippen molar-refractivity contribution in [2.75, 3.05) is 12.4 Å². The minimum Gasteiger partial charge on any atom is -0.493 e. The summed E-state index contributed by atoms with van der Waals surface area (Å²) in [5, 5.41) is 6.76. The molecule has 33 heavy (non-hydrogen) atoms. The van der Waals surface area contributed by atoms with Crippen LogP contribution in [0.3, 0.4) is 0 Å². The lowest BCUT2D eigenvalue weighted by atomic mass is 10.1. The standard InChI is InChI=1S/C25H23N3O5/c1-16-6-4-5-7-21(16)25(31)27-20-11-9-19(10-12-20)24(30)28-26-15-18-8-13-22(33-17(2)29)23(14-18)32-3/h4-15H,1-3H3,(H,27,31)(H,28,30). The lowest BCUT2D eigenvalue weighted by Crippen LogP contribution is -2.18.